The minimum absolute atomic E-state index is 0.153. The molecule has 0 amide bonds. The maximum atomic E-state index is 5.78. The van der Waals surface area contributed by atoms with Crippen molar-refractivity contribution in [1.82, 2.24) is 5.32 Å². The van der Waals surface area contributed by atoms with Gasteiger partial charge in [-0.05, 0) is 31.4 Å². The van der Waals surface area contributed by atoms with Crippen molar-refractivity contribution in [2.75, 3.05) is 25.0 Å². The molecule has 2 N–H and O–H groups in total. The summed E-state index contributed by atoms with van der Waals surface area (Å²) in [7, 11) is 0. The number of nitrogens with one attached hydrogen (secondary N) is 2. The molecule has 2 heterocycles. The molecule has 0 saturated carbocycles. The molecule has 0 radical (unpaired) electrons. The minimum atomic E-state index is -0.429. The van der Waals surface area contributed by atoms with Gasteiger partial charge >= 0.3 is 0 Å². The molecule has 19 heavy (non-hydrogen) atoms. The zero-order valence-electron chi connectivity index (χ0n) is 11.7. The molecule has 1 unspecified atom stereocenters. The predicted molar refractivity (Wildman–Crippen MR) is 75.2 cm³/mol. The molecule has 1 aromatic rings. The Bertz CT molecular complexity index is 459. The van der Waals surface area contributed by atoms with Crippen LogP contribution in [-0.2, 0) is 22.4 Å². The Morgan fingerprint density at radius 3 is 3.11 bits per heavy atom. The molecule has 2 aliphatic heterocycles. The molecular weight excluding hydrogens is 240 g/mol. The molecule has 4 heteroatoms. The zero-order valence-corrected chi connectivity index (χ0v) is 11.7. The van der Waals surface area contributed by atoms with Gasteiger partial charge in [0.25, 0.3) is 0 Å². The van der Waals surface area contributed by atoms with E-state index in [0.717, 1.165) is 26.1 Å². The third kappa shape index (κ3) is 2.91. The number of rotatable bonds is 4. The van der Waals surface area contributed by atoms with Gasteiger partial charge in [-0.15, -0.1) is 0 Å². The van der Waals surface area contributed by atoms with Gasteiger partial charge in [-0.2, -0.15) is 0 Å². The SMILES string of the molecule is CC1(C)OCC(CNCc2cccc3c2NCC3)O1. The number of para-hydroxylation sites is 1. The van der Waals surface area contributed by atoms with E-state index in [1.807, 2.05) is 13.8 Å². The highest BCUT2D eigenvalue weighted by Gasteiger charge is 2.32. The second kappa shape index (κ2) is 5.12. The lowest BCUT2D eigenvalue weighted by atomic mass is 10.1. The average Bonchev–Trinajstić information content (AvgIpc) is 2.96. The summed E-state index contributed by atoms with van der Waals surface area (Å²) in [5.74, 6) is -0.429. The Kier molecular flexibility index (Phi) is 3.48. The Balaban J connectivity index is 1.52. The van der Waals surface area contributed by atoms with Crippen LogP contribution in [0.4, 0.5) is 5.69 Å². The normalized spacial score (nSPS) is 24.2. The van der Waals surface area contributed by atoms with Gasteiger partial charge in [0, 0.05) is 25.3 Å². The third-order valence-corrected chi connectivity index (χ3v) is 3.69. The average molecular weight is 262 g/mol. The highest BCUT2D eigenvalue weighted by molar-refractivity contribution is 5.61. The zero-order chi connectivity index (χ0) is 13.3. The maximum absolute atomic E-state index is 5.78. The first-order chi connectivity index (χ1) is 9.14. The predicted octanol–water partition coefficient (Wildman–Crippen LogP) is 1.90. The van der Waals surface area contributed by atoms with Crippen molar-refractivity contribution in [2.24, 2.45) is 0 Å². The van der Waals surface area contributed by atoms with Gasteiger partial charge in [0.05, 0.1) is 12.7 Å². The van der Waals surface area contributed by atoms with Gasteiger partial charge < -0.3 is 20.1 Å². The summed E-state index contributed by atoms with van der Waals surface area (Å²) in [6, 6.07) is 6.52. The summed E-state index contributed by atoms with van der Waals surface area (Å²) in [4.78, 5) is 0. The molecule has 4 nitrogen and oxygen atoms in total. The molecule has 1 fully saturated rings. The second-order valence-electron chi connectivity index (χ2n) is 5.71. The number of fused-ring (bicyclic) bond motifs is 1. The molecule has 3 rings (SSSR count). The fourth-order valence-corrected chi connectivity index (χ4v) is 2.79. The van der Waals surface area contributed by atoms with Crippen molar-refractivity contribution in [1.29, 1.82) is 0 Å². The quantitative estimate of drug-likeness (QED) is 0.869. The lowest BCUT2D eigenvalue weighted by molar-refractivity contribution is -0.137. The van der Waals surface area contributed by atoms with Crippen molar-refractivity contribution < 1.29 is 9.47 Å². The fraction of sp³-hybridized carbons (Fsp3) is 0.600. The van der Waals surface area contributed by atoms with Crippen LogP contribution in [0.15, 0.2) is 18.2 Å². The lowest BCUT2D eigenvalue weighted by Gasteiger charge is -2.17. The molecular formula is C15H22N2O2. The van der Waals surface area contributed by atoms with E-state index in [9.17, 15) is 0 Å². The summed E-state index contributed by atoms with van der Waals surface area (Å²) >= 11 is 0. The highest BCUT2D eigenvalue weighted by atomic mass is 16.7. The number of hydrogen-bond acceptors (Lipinski definition) is 4. The number of anilines is 1. The van der Waals surface area contributed by atoms with E-state index in [0.29, 0.717) is 6.61 Å². The molecule has 0 aliphatic carbocycles. The van der Waals surface area contributed by atoms with Crippen LogP contribution in [-0.4, -0.2) is 31.6 Å². The van der Waals surface area contributed by atoms with Crippen molar-refractivity contribution in [3.63, 3.8) is 0 Å². The smallest absolute Gasteiger partial charge is 0.163 e. The van der Waals surface area contributed by atoms with Crippen LogP contribution in [0.25, 0.3) is 0 Å². The van der Waals surface area contributed by atoms with Gasteiger partial charge in [0.15, 0.2) is 5.79 Å². The van der Waals surface area contributed by atoms with Gasteiger partial charge in [0.2, 0.25) is 0 Å². The number of benzene rings is 1. The Morgan fingerprint density at radius 1 is 1.42 bits per heavy atom. The standard InChI is InChI=1S/C15H22N2O2/c1-15(2)18-10-13(19-15)9-16-8-12-5-3-4-11-6-7-17-14(11)12/h3-5,13,16-17H,6-10H2,1-2H3. The topological polar surface area (TPSA) is 42.5 Å². The summed E-state index contributed by atoms with van der Waals surface area (Å²) in [6.45, 7) is 7.34. The molecule has 1 saturated heterocycles. The van der Waals surface area contributed by atoms with Crippen LogP contribution in [0.2, 0.25) is 0 Å². The molecule has 0 bridgehead atoms. The number of ether oxygens (including phenoxy) is 2. The first kappa shape index (κ1) is 12.9. The first-order valence-corrected chi connectivity index (χ1v) is 7.01. The molecule has 104 valence electrons. The van der Waals surface area contributed by atoms with Crippen molar-refractivity contribution in [2.45, 2.75) is 38.7 Å². The molecule has 1 atom stereocenters. The lowest BCUT2D eigenvalue weighted by Crippen LogP contribution is -2.30. The van der Waals surface area contributed by atoms with Crippen molar-refractivity contribution in [3.05, 3.63) is 29.3 Å². The highest BCUT2D eigenvalue weighted by Crippen LogP contribution is 2.26. The summed E-state index contributed by atoms with van der Waals surface area (Å²) < 4.78 is 11.3. The molecule has 0 spiro atoms. The van der Waals surface area contributed by atoms with Gasteiger partial charge in [0.1, 0.15) is 0 Å². The monoisotopic (exact) mass is 262 g/mol. The maximum Gasteiger partial charge on any atom is 0.163 e. The largest absolute Gasteiger partial charge is 0.384 e. The Hall–Kier alpha value is -1.10. The van der Waals surface area contributed by atoms with E-state index in [4.69, 9.17) is 9.47 Å². The molecule has 0 aromatic heterocycles. The van der Waals surface area contributed by atoms with Gasteiger partial charge in [-0.3, -0.25) is 0 Å². The minimum Gasteiger partial charge on any atom is -0.384 e. The first-order valence-electron chi connectivity index (χ1n) is 7.01. The fourth-order valence-electron chi connectivity index (χ4n) is 2.79. The summed E-state index contributed by atoms with van der Waals surface area (Å²) in [5, 5.41) is 6.93. The van der Waals surface area contributed by atoms with Crippen molar-refractivity contribution in [3.8, 4) is 0 Å². The van der Waals surface area contributed by atoms with Crippen LogP contribution in [0.5, 0.6) is 0 Å². The molecule has 1 aromatic carbocycles. The number of hydrogen-bond donors (Lipinski definition) is 2. The summed E-state index contributed by atoms with van der Waals surface area (Å²) in [6.07, 6.45) is 1.29. The second-order valence-corrected chi connectivity index (χ2v) is 5.71. The van der Waals surface area contributed by atoms with Crippen LogP contribution in [0.1, 0.15) is 25.0 Å². The van der Waals surface area contributed by atoms with E-state index >= 15 is 0 Å². The van der Waals surface area contributed by atoms with Crippen LogP contribution < -0.4 is 10.6 Å². The Morgan fingerprint density at radius 2 is 2.32 bits per heavy atom. The van der Waals surface area contributed by atoms with Gasteiger partial charge in [-0.25, -0.2) is 0 Å². The van der Waals surface area contributed by atoms with Crippen LogP contribution in [0, 0.1) is 0 Å². The van der Waals surface area contributed by atoms with E-state index in [1.165, 1.54) is 16.8 Å². The molecule has 2 aliphatic rings. The Labute approximate surface area is 114 Å². The van der Waals surface area contributed by atoms with E-state index in [-0.39, 0.29) is 6.10 Å². The van der Waals surface area contributed by atoms with E-state index in [1.54, 1.807) is 0 Å². The summed E-state index contributed by atoms with van der Waals surface area (Å²) in [5.41, 5.74) is 4.09. The van der Waals surface area contributed by atoms with Gasteiger partial charge in [-0.1, -0.05) is 18.2 Å². The van der Waals surface area contributed by atoms with Crippen LogP contribution >= 0.6 is 0 Å². The van der Waals surface area contributed by atoms with E-state index < -0.39 is 5.79 Å². The van der Waals surface area contributed by atoms with E-state index in [2.05, 4.69) is 28.8 Å². The third-order valence-electron chi connectivity index (χ3n) is 3.69. The van der Waals surface area contributed by atoms with Crippen LogP contribution in [0.3, 0.4) is 0 Å². The van der Waals surface area contributed by atoms with Crippen molar-refractivity contribution >= 4 is 5.69 Å².